The molecule has 0 aliphatic carbocycles. The Morgan fingerprint density at radius 3 is 2.62 bits per heavy atom. The second kappa shape index (κ2) is 8.14. The minimum Gasteiger partial charge on any atom is -0.497 e. The van der Waals surface area contributed by atoms with Gasteiger partial charge in [-0.3, -0.25) is 0 Å². The molecule has 29 heavy (non-hydrogen) atoms. The van der Waals surface area contributed by atoms with E-state index in [1.54, 1.807) is 25.3 Å². The lowest BCUT2D eigenvalue weighted by atomic mass is 9.97. The molecule has 152 valence electrons. The predicted molar refractivity (Wildman–Crippen MR) is 108 cm³/mol. The maximum absolute atomic E-state index is 12.8. The summed E-state index contributed by atoms with van der Waals surface area (Å²) in [5, 5.41) is 4.52. The fraction of sp³-hybridized carbons (Fsp3) is 0.300. The molecular weight excluding hydrogens is 414 g/mol. The van der Waals surface area contributed by atoms with E-state index in [4.69, 9.17) is 20.9 Å². The van der Waals surface area contributed by atoms with Gasteiger partial charge in [0.2, 0.25) is 10.0 Å². The molecule has 7 nitrogen and oxygen atoms in total. The Bertz CT molecular complexity index is 1110. The van der Waals surface area contributed by atoms with E-state index < -0.39 is 10.0 Å². The van der Waals surface area contributed by atoms with E-state index in [0.717, 1.165) is 5.56 Å². The highest BCUT2D eigenvalue weighted by Gasteiger charge is 2.32. The highest BCUT2D eigenvalue weighted by molar-refractivity contribution is 7.89. The summed E-state index contributed by atoms with van der Waals surface area (Å²) in [5.41, 5.74) is 0.782. The third-order valence-electron chi connectivity index (χ3n) is 5.01. The van der Waals surface area contributed by atoms with Crippen molar-refractivity contribution in [3.8, 4) is 17.2 Å². The molecule has 1 aliphatic rings. The van der Waals surface area contributed by atoms with Crippen molar-refractivity contribution in [1.82, 2.24) is 14.4 Å². The minimum atomic E-state index is -3.56. The lowest BCUT2D eigenvalue weighted by molar-refractivity contribution is 0.307. The maximum atomic E-state index is 12.8. The summed E-state index contributed by atoms with van der Waals surface area (Å²) in [6.07, 6.45) is 1.24. The summed E-state index contributed by atoms with van der Waals surface area (Å²) in [6, 6.07) is 13.7. The van der Waals surface area contributed by atoms with Crippen molar-refractivity contribution in [2.24, 2.45) is 0 Å². The van der Waals surface area contributed by atoms with Crippen LogP contribution in [0.3, 0.4) is 0 Å². The second-order valence-corrected chi connectivity index (χ2v) is 9.20. The molecular formula is C20H20ClN3O4S. The Kier molecular flexibility index (Phi) is 5.58. The van der Waals surface area contributed by atoms with Crippen molar-refractivity contribution >= 4 is 21.6 Å². The quantitative estimate of drug-likeness (QED) is 0.605. The van der Waals surface area contributed by atoms with Crippen LogP contribution in [0.15, 0.2) is 57.9 Å². The molecule has 2 heterocycles. The van der Waals surface area contributed by atoms with E-state index in [0.29, 0.717) is 48.4 Å². The summed E-state index contributed by atoms with van der Waals surface area (Å²) in [6.45, 7) is 0.783. The number of nitrogens with zero attached hydrogens (tertiary/aromatic N) is 3. The first-order valence-corrected chi connectivity index (χ1v) is 11.0. The van der Waals surface area contributed by atoms with Crippen LogP contribution in [0.2, 0.25) is 5.02 Å². The molecule has 0 amide bonds. The standard InChI is InChI=1S/C20H20ClN3O4S/c1-27-17-6-2-4-15(12-17)20-22-19(23-28-20)14-8-10-24(11-9-14)29(25,26)18-7-3-5-16(21)13-18/h2-7,12-14H,8-11H2,1H3. The van der Waals surface area contributed by atoms with E-state index in [9.17, 15) is 8.42 Å². The molecule has 1 aliphatic heterocycles. The number of piperidine rings is 1. The SMILES string of the molecule is COc1cccc(-c2nc(C3CCN(S(=O)(=O)c4cccc(Cl)c4)CC3)no2)c1. The van der Waals surface area contributed by atoms with Gasteiger partial charge >= 0.3 is 0 Å². The smallest absolute Gasteiger partial charge is 0.258 e. The van der Waals surface area contributed by atoms with Gasteiger partial charge in [0.25, 0.3) is 5.89 Å². The normalized spacial score (nSPS) is 16.1. The largest absolute Gasteiger partial charge is 0.497 e. The molecule has 0 radical (unpaired) electrons. The number of rotatable bonds is 5. The van der Waals surface area contributed by atoms with Crippen LogP contribution in [0.25, 0.3) is 11.5 Å². The molecule has 0 unspecified atom stereocenters. The van der Waals surface area contributed by atoms with E-state index >= 15 is 0 Å². The number of aromatic nitrogens is 2. The summed E-state index contributed by atoms with van der Waals surface area (Å²) in [5.74, 6) is 1.78. The van der Waals surface area contributed by atoms with Crippen LogP contribution in [0.5, 0.6) is 5.75 Å². The third-order valence-corrected chi connectivity index (χ3v) is 7.14. The predicted octanol–water partition coefficient (Wildman–Crippen LogP) is 3.97. The van der Waals surface area contributed by atoms with Crippen LogP contribution < -0.4 is 4.74 Å². The van der Waals surface area contributed by atoms with Crippen molar-refractivity contribution in [2.45, 2.75) is 23.7 Å². The van der Waals surface area contributed by atoms with Gasteiger partial charge < -0.3 is 9.26 Å². The van der Waals surface area contributed by atoms with Gasteiger partial charge in [0.15, 0.2) is 5.82 Å². The zero-order valence-corrected chi connectivity index (χ0v) is 17.4. The van der Waals surface area contributed by atoms with Gasteiger partial charge in [-0.05, 0) is 49.2 Å². The molecule has 0 saturated carbocycles. The van der Waals surface area contributed by atoms with Gasteiger partial charge in [0, 0.05) is 29.6 Å². The Balaban J connectivity index is 1.46. The number of hydrogen-bond acceptors (Lipinski definition) is 6. The molecule has 4 rings (SSSR count). The van der Waals surface area contributed by atoms with Crippen LogP contribution in [0.1, 0.15) is 24.6 Å². The van der Waals surface area contributed by atoms with Crippen molar-refractivity contribution in [3.05, 3.63) is 59.4 Å². The van der Waals surface area contributed by atoms with Gasteiger partial charge in [0.05, 0.1) is 12.0 Å². The molecule has 0 spiro atoms. The average molecular weight is 434 g/mol. The van der Waals surface area contributed by atoms with Crippen molar-refractivity contribution in [3.63, 3.8) is 0 Å². The topological polar surface area (TPSA) is 85.5 Å². The van der Waals surface area contributed by atoms with Crippen LogP contribution >= 0.6 is 11.6 Å². The van der Waals surface area contributed by atoms with Crippen LogP contribution in [0, 0.1) is 0 Å². The summed E-state index contributed by atoms with van der Waals surface area (Å²) in [4.78, 5) is 4.73. The molecule has 1 saturated heterocycles. The molecule has 0 N–H and O–H groups in total. The first-order chi connectivity index (χ1) is 14.0. The Morgan fingerprint density at radius 1 is 1.14 bits per heavy atom. The van der Waals surface area contributed by atoms with Crippen molar-refractivity contribution in [1.29, 1.82) is 0 Å². The van der Waals surface area contributed by atoms with Crippen LogP contribution in [-0.4, -0.2) is 43.1 Å². The van der Waals surface area contributed by atoms with E-state index in [-0.39, 0.29) is 10.8 Å². The van der Waals surface area contributed by atoms with E-state index in [1.807, 2.05) is 24.3 Å². The van der Waals surface area contributed by atoms with Gasteiger partial charge in [-0.2, -0.15) is 9.29 Å². The molecule has 9 heteroatoms. The Hall–Kier alpha value is -2.42. The van der Waals surface area contributed by atoms with Crippen LogP contribution in [-0.2, 0) is 10.0 Å². The highest BCUT2D eigenvalue weighted by Crippen LogP contribution is 2.31. The number of benzene rings is 2. The van der Waals surface area contributed by atoms with Gasteiger partial charge in [0.1, 0.15) is 5.75 Å². The first-order valence-electron chi connectivity index (χ1n) is 9.21. The molecule has 2 aromatic carbocycles. The summed E-state index contributed by atoms with van der Waals surface area (Å²) < 4.78 is 37.8. The number of halogens is 1. The molecule has 3 aromatic rings. The third kappa shape index (κ3) is 4.14. The Morgan fingerprint density at radius 2 is 1.90 bits per heavy atom. The number of sulfonamides is 1. The fourth-order valence-electron chi connectivity index (χ4n) is 3.40. The van der Waals surface area contributed by atoms with Gasteiger partial charge in [-0.25, -0.2) is 8.42 Å². The molecule has 0 atom stereocenters. The molecule has 0 bridgehead atoms. The van der Waals surface area contributed by atoms with E-state index in [2.05, 4.69) is 10.1 Å². The maximum Gasteiger partial charge on any atom is 0.258 e. The number of hydrogen-bond donors (Lipinski definition) is 0. The zero-order chi connectivity index (χ0) is 20.4. The minimum absolute atomic E-state index is 0.0453. The lowest BCUT2D eigenvalue weighted by Gasteiger charge is -2.29. The number of methoxy groups -OCH3 is 1. The summed E-state index contributed by atoms with van der Waals surface area (Å²) in [7, 11) is -1.96. The fourth-order valence-corrected chi connectivity index (χ4v) is 5.18. The van der Waals surface area contributed by atoms with Gasteiger partial charge in [-0.1, -0.05) is 28.9 Å². The van der Waals surface area contributed by atoms with E-state index in [1.165, 1.54) is 10.4 Å². The lowest BCUT2D eigenvalue weighted by Crippen LogP contribution is -2.38. The van der Waals surface area contributed by atoms with Crippen molar-refractivity contribution in [2.75, 3.05) is 20.2 Å². The monoisotopic (exact) mass is 433 g/mol. The average Bonchev–Trinajstić information content (AvgIpc) is 3.24. The molecule has 1 aromatic heterocycles. The second-order valence-electron chi connectivity index (χ2n) is 6.83. The molecule has 1 fully saturated rings. The highest BCUT2D eigenvalue weighted by atomic mass is 35.5. The van der Waals surface area contributed by atoms with Crippen molar-refractivity contribution < 1.29 is 17.7 Å². The van der Waals surface area contributed by atoms with Crippen LogP contribution in [0.4, 0.5) is 0 Å². The zero-order valence-electron chi connectivity index (χ0n) is 15.8. The number of ether oxygens (including phenoxy) is 1. The summed E-state index contributed by atoms with van der Waals surface area (Å²) >= 11 is 5.95. The van der Waals surface area contributed by atoms with Gasteiger partial charge in [-0.15, -0.1) is 0 Å². The Labute approximate surface area is 174 Å². The first kappa shape index (κ1) is 19.9.